The van der Waals surface area contributed by atoms with Crippen molar-refractivity contribution in [2.24, 2.45) is 11.7 Å². The first-order valence-electron chi connectivity index (χ1n) is 6.13. The summed E-state index contributed by atoms with van der Waals surface area (Å²) in [6.45, 7) is 0. The van der Waals surface area contributed by atoms with Crippen molar-refractivity contribution in [1.82, 2.24) is 0 Å². The van der Waals surface area contributed by atoms with Crippen molar-refractivity contribution in [2.45, 2.75) is 12.8 Å². The molecule has 0 saturated carbocycles. The number of hydrogen-bond acceptors (Lipinski definition) is 3. The Balaban J connectivity index is 2.15. The molecule has 1 amide bonds. The molecule has 0 aromatic heterocycles. The van der Waals surface area contributed by atoms with Crippen LogP contribution in [0.5, 0.6) is 5.75 Å². The van der Waals surface area contributed by atoms with Crippen LogP contribution in [0.1, 0.15) is 22.3 Å². The Kier molecular flexibility index (Phi) is 2.52. The highest BCUT2D eigenvalue weighted by Crippen LogP contribution is 2.35. The molecular formula is C15H13NO3. The summed E-state index contributed by atoms with van der Waals surface area (Å²) in [6, 6.07) is 8.80. The van der Waals surface area contributed by atoms with Gasteiger partial charge in [0.05, 0.1) is 0 Å². The summed E-state index contributed by atoms with van der Waals surface area (Å²) in [5.41, 5.74) is 6.72. The Morgan fingerprint density at radius 1 is 1.32 bits per heavy atom. The smallest absolute Gasteiger partial charge is 0.218 e. The highest BCUT2D eigenvalue weighted by Gasteiger charge is 2.32. The van der Waals surface area contributed by atoms with E-state index in [-0.39, 0.29) is 23.9 Å². The topological polar surface area (TPSA) is 80.4 Å². The zero-order valence-corrected chi connectivity index (χ0v) is 10.2. The van der Waals surface area contributed by atoms with Crippen molar-refractivity contribution in [2.75, 3.05) is 0 Å². The number of nitrogens with two attached hydrogens (primary N) is 1. The predicted octanol–water partition coefficient (Wildman–Crippen LogP) is 1.78. The number of hydrogen-bond donors (Lipinski definition) is 2. The van der Waals surface area contributed by atoms with Crippen molar-refractivity contribution in [3.05, 3.63) is 41.5 Å². The zero-order valence-electron chi connectivity index (χ0n) is 10.2. The van der Waals surface area contributed by atoms with E-state index in [1.807, 2.05) is 12.1 Å². The van der Waals surface area contributed by atoms with Crippen LogP contribution < -0.4 is 5.73 Å². The van der Waals surface area contributed by atoms with Crippen LogP contribution in [0.3, 0.4) is 0 Å². The van der Waals surface area contributed by atoms with Crippen LogP contribution in [-0.4, -0.2) is 16.8 Å². The maximum Gasteiger partial charge on any atom is 0.218 e. The van der Waals surface area contributed by atoms with Crippen LogP contribution in [0, 0.1) is 5.92 Å². The van der Waals surface area contributed by atoms with E-state index in [0.717, 1.165) is 16.3 Å². The lowest BCUT2D eigenvalue weighted by Gasteiger charge is -2.05. The van der Waals surface area contributed by atoms with E-state index in [1.54, 1.807) is 18.2 Å². The molecule has 2 aromatic carbocycles. The monoisotopic (exact) mass is 255 g/mol. The van der Waals surface area contributed by atoms with E-state index in [2.05, 4.69) is 0 Å². The van der Waals surface area contributed by atoms with Crippen molar-refractivity contribution < 1.29 is 14.7 Å². The first-order valence-corrected chi connectivity index (χ1v) is 6.13. The third-order valence-electron chi connectivity index (χ3n) is 3.62. The van der Waals surface area contributed by atoms with Gasteiger partial charge in [-0.1, -0.05) is 18.2 Å². The van der Waals surface area contributed by atoms with Gasteiger partial charge in [0.25, 0.3) is 0 Å². The molecule has 0 saturated heterocycles. The van der Waals surface area contributed by atoms with Gasteiger partial charge in [-0.3, -0.25) is 9.59 Å². The molecule has 1 aliphatic carbocycles. The van der Waals surface area contributed by atoms with Crippen LogP contribution in [-0.2, 0) is 11.2 Å². The van der Waals surface area contributed by atoms with Crippen molar-refractivity contribution in [1.29, 1.82) is 0 Å². The summed E-state index contributed by atoms with van der Waals surface area (Å²) in [7, 11) is 0. The summed E-state index contributed by atoms with van der Waals surface area (Å²) >= 11 is 0. The number of benzene rings is 2. The van der Waals surface area contributed by atoms with Gasteiger partial charge >= 0.3 is 0 Å². The molecule has 0 spiro atoms. The molecule has 0 unspecified atom stereocenters. The third-order valence-corrected chi connectivity index (χ3v) is 3.62. The molecule has 4 nitrogen and oxygen atoms in total. The maximum atomic E-state index is 12.4. The molecule has 3 N–H and O–H groups in total. The molecule has 0 bridgehead atoms. The number of carbonyl (C=O) groups excluding carboxylic acids is 2. The van der Waals surface area contributed by atoms with E-state index in [9.17, 15) is 14.7 Å². The zero-order chi connectivity index (χ0) is 13.6. The molecule has 4 heteroatoms. The van der Waals surface area contributed by atoms with Gasteiger partial charge in [-0.25, -0.2) is 0 Å². The molecule has 1 aliphatic rings. The maximum absolute atomic E-state index is 12.4. The largest absolute Gasteiger partial charge is 0.508 e. The standard InChI is InChI=1S/C15H13NO3/c16-13(18)6-10-5-9-2-1-8-3-4-11(17)7-12(8)14(9)15(10)19/h1-4,7,10,17H,5-6H2,(H2,16,18)/t10-/m0/s1. The van der Waals surface area contributed by atoms with Gasteiger partial charge in [0.15, 0.2) is 5.78 Å². The number of carbonyl (C=O) groups is 2. The first kappa shape index (κ1) is 11.7. The number of fused-ring (bicyclic) bond motifs is 3. The average Bonchev–Trinajstić information content (AvgIpc) is 2.66. The van der Waals surface area contributed by atoms with Crippen LogP contribution in [0.2, 0.25) is 0 Å². The highest BCUT2D eigenvalue weighted by atomic mass is 16.3. The fraction of sp³-hybridized carbons (Fsp3) is 0.200. The summed E-state index contributed by atoms with van der Waals surface area (Å²) < 4.78 is 0. The molecule has 19 heavy (non-hydrogen) atoms. The van der Waals surface area contributed by atoms with Gasteiger partial charge in [-0.05, 0) is 34.9 Å². The lowest BCUT2D eigenvalue weighted by Crippen LogP contribution is -2.20. The second kappa shape index (κ2) is 4.09. The minimum absolute atomic E-state index is 0.0509. The Labute approximate surface area is 109 Å². The average molecular weight is 255 g/mol. The van der Waals surface area contributed by atoms with Crippen molar-refractivity contribution in [3.63, 3.8) is 0 Å². The summed E-state index contributed by atoms with van der Waals surface area (Å²) in [4.78, 5) is 23.4. The number of rotatable bonds is 2. The summed E-state index contributed by atoms with van der Waals surface area (Å²) in [5.74, 6) is -0.740. The van der Waals surface area contributed by atoms with E-state index in [0.29, 0.717) is 12.0 Å². The fourth-order valence-corrected chi connectivity index (χ4v) is 2.78. The Bertz CT molecular complexity index is 706. The molecule has 0 aliphatic heterocycles. The molecule has 2 aromatic rings. The molecule has 0 radical (unpaired) electrons. The highest BCUT2D eigenvalue weighted by molar-refractivity contribution is 6.13. The SMILES string of the molecule is NC(=O)C[C@@H]1Cc2ccc3ccc(O)cc3c2C1=O. The Hall–Kier alpha value is -2.36. The van der Waals surface area contributed by atoms with E-state index >= 15 is 0 Å². The number of Topliss-reactive ketones (excluding diaryl/α,β-unsaturated/α-hetero) is 1. The number of aromatic hydroxyl groups is 1. The molecule has 1 atom stereocenters. The number of phenols is 1. The number of amides is 1. The fourth-order valence-electron chi connectivity index (χ4n) is 2.78. The lowest BCUT2D eigenvalue weighted by molar-refractivity contribution is -0.118. The minimum Gasteiger partial charge on any atom is -0.508 e. The van der Waals surface area contributed by atoms with Crippen LogP contribution >= 0.6 is 0 Å². The molecule has 0 heterocycles. The van der Waals surface area contributed by atoms with Gasteiger partial charge in [-0.15, -0.1) is 0 Å². The first-order chi connectivity index (χ1) is 9.06. The second-order valence-electron chi connectivity index (χ2n) is 4.94. The minimum atomic E-state index is -0.460. The summed E-state index contributed by atoms with van der Waals surface area (Å²) in [6.07, 6.45) is 0.622. The Morgan fingerprint density at radius 3 is 2.79 bits per heavy atom. The number of phenolic OH excluding ortho intramolecular Hbond substituents is 1. The third kappa shape index (κ3) is 1.85. The van der Waals surface area contributed by atoms with Gasteiger partial charge in [-0.2, -0.15) is 0 Å². The van der Waals surface area contributed by atoms with Gasteiger partial charge in [0, 0.05) is 17.9 Å². The molecule has 0 fully saturated rings. The predicted molar refractivity (Wildman–Crippen MR) is 70.9 cm³/mol. The van der Waals surface area contributed by atoms with Crippen molar-refractivity contribution in [3.8, 4) is 5.75 Å². The Morgan fingerprint density at radius 2 is 2.05 bits per heavy atom. The normalized spacial score (nSPS) is 17.7. The van der Waals surface area contributed by atoms with E-state index in [4.69, 9.17) is 5.73 Å². The lowest BCUT2D eigenvalue weighted by atomic mass is 9.98. The van der Waals surface area contributed by atoms with Gasteiger partial charge in [0.2, 0.25) is 5.91 Å². The molecular weight excluding hydrogens is 242 g/mol. The van der Waals surface area contributed by atoms with E-state index < -0.39 is 5.91 Å². The quantitative estimate of drug-likeness (QED) is 0.858. The van der Waals surface area contributed by atoms with Crippen LogP contribution in [0.25, 0.3) is 10.8 Å². The van der Waals surface area contributed by atoms with E-state index in [1.165, 1.54) is 0 Å². The van der Waals surface area contributed by atoms with Gasteiger partial charge < -0.3 is 10.8 Å². The second-order valence-corrected chi connectivity index (χ2v) is 4.94. The van der Waals surface area contributed by atoms with Crippen LogP contribution in [0.15, 0.2) is 30.3 Å². The number of ketones is 1. The molecule has 3 rings (SSSR count). The van der Waals surface area contributed by atoms with Crippen molar-refractivity contribution >= 4 is 22.5 Å². The summed E-state index contributed by atoms with van der Waals surface area (Å²) in [5, 5.41) is 11.2. The number of primary amides is 1. The van der Waals surface area contributed by atoms with Gasteiger partial charge in [0.1, 0.15) is 5.75 Å². The molecule has 96 valence electrons. The van der Waals surface area contributed by atoms with Crippen LogP contribution in [0.4, 0.5) is 0 Å².